The van der Waals surface area contributed by atoms with Crippen molar-refractivity contribution in [2.75, 3.05) is 6.61 Å². The van der Waals surface area contributed by atoms with Crippen molar-refractivity contribution in [3.05, 3.63) is 0 Å². The summed E-state index contributed by atoms with van der Waals surface area (Å²) in [7, 11) is 0. The van der Waals surface area contributed by atoms with Crippen molar-refractivity contribution in [3.63, 3.8) is 0 Å². The van der Waals surface area contributed by atoms with Crippen molar-refractivity contribution in [2.24, 2.45) is 11.8 Å². The van der Waals surface area contributed by atoms with E-state index in [-0.39, 0.29) is 0 Å². The first-order chi connectivity index (χ1) is 7.38. The standard InChI is InChI=1S/C12H24N2O/c13-14-11(9-10-4-5-10)6-7-12-3-1-2-8-15-12/h10-12,14H,1-9,13H2. The Morgan fingerprint density at radius 2 is 2.13 bits per heavy atom. The molecule has 2 unspecified atom stereocenters. The molecule has 3 heteroatoms. The van der Waals surface area contributed by atoms with E-state index in [0.717, 1.165) is 12.5 Å². The highest BCUT2D eigenvalue weighted by molar-refractivity contribution is 4.80. The fourth-order valence-corrected chi connectivity index (χ4v) is 2.45. The molecule has 1 saturated carbocycles. The van der Waals surface area contributed by atoms with Crippen LogP contribution in [-0.2, 0) is 4.74 Å². The van der Waals surface area contributed by atoms with Crippen LogP contribution >= 0.6 is 0 Å². The lowest BCUT2D eigenvalue weighted by atomic mass is 9.99. The largest absolute Gasteiger partial charge is 0.378 e. The second-order valence-corrected chi connectivity index (χ2v) is 5.11. The molecular weight excluding hydrogens is 188 g/mol. The van der Waals surface area contributed by atoms with Crippen molar-refractivity contribution in [1.29, 1.82) is 0 Å². The summed E-state index contributed by atoms with van der Waals surface area (Å²) >= 11 is 0. The third-order valence-electron chi connectivity index (χ3n) is 3.66. The van der Waals surface area contributed by atoms with E-state index in [1.54, 1.807) is 0 Å². The number of ether oxygens (including phenoxy) is 1. The Balaban J connectivity index is 1.60. The normalized spacial score (nSPS) is 29.0. The van der Waals surface area contributed by atoms with E-state index in [9.17, 15) is 0 Å². The minimum atomic E-state index is 0.508. The summed E-state index contributed by atoms with van der Waals surface area (Å²) in [5.74, 6) is 6.53. The van der Waals surface area contributed by atoms with Crippen LogP contribution in [0.2, 0.25) is 0 Å². The van der Waals surface area contributed by atoms with Gasteiger partial charge in [-0.3, -0.25) is 11.3 Å². The van der Waals surface area contributed by atoms with Gasteiger partial charge >= 0.3 is 0 Å². The molecule has 1 aliphatic heterocycles. The van der Waals surface area contributed by atoms with Gasteiger partial charge < -0.3 is 4.74 Å². The second-order valence-electron chi connectivity index (χ2n) is 5.11. The van der Waals surface area contributed by atoms with Crippen LogP contribution in [0.15, 0.2) is 0 Å². The fraction of sp³-hybridized carbons (Fsp3) is 1.00. The first kappa shape index (κ1) is 11.4. The van der Waals surface area contributed by atoms with Crippen LogP contribution in [0.4, 0.5) is 0 Å². The lowest BCUT2D eigenvalue weighted by Crippen LogP contribution is -2.36. The van der Waals surface area contributed by atoms with Crippen LogP contribution in [0.3, 0.4) is 0 Å². The van der Waals surface area contributed by atoms with Gasteiger partial charge in [0.15, 0.2) is 0 Å². The second kappa shape index (κ2) is 5.83. The fourth-order valence-electron chi connectivity index (χ4n) is 2.45. The molecule has 15 heavy (non-hydrogen) atoms. The van der Waals surface area contributed by atoms with E-state index in [4.69, 9.17) is 10.6 Å². The Kier molecular flexibility index (Phi) is 4.42. The Labute approximate surface area is 92.7 Å². The number of hydrazine groups is 1. The lowest BCUT2D eigenvalue weighted by molar-refractivity contribution is 0.00835. The Bertz CT molecular complexity index is 176. The van der Waals surface area contributed by atoms with Crippen LogP contribution in [0.5, 0.6) is 0 Å². The van der Waals surface area contributed by atoms with E-state index in [0.29, 0.717) is 12.1 Å². The summed E-state index contributed by atoms with van der Waals surface area (Å²) in [5.41, 5.74) is 2.96. The zero-order chi connectivity index (χ0) is 10.5. The number of hydrogen-bond acceptors (Lipinski definition) is 3. The van der Waals surface area contributed by atoms with Gasteiger partial charge in [-0.1, -0.05) is 12.8 Å². The molecule has 0 aromatic heterocycles. The maximum atomic E-state index is 5.72. The SMILES string of the molecule is NNC(CCC1CCCCO1)CC1CC1. The van der Waals surface area contributed by atoms with Gasteiger partial charge in [-0.05, 0) is 44.4 Å². The molecule has 1 aliphatic carbocycles. The van der Waals surface area contributed by atoms with Gasteiger partial charge in [-0.15, -0.1) is 0 Å². The van der Waals surface area contributed by atoms with Crippen LogP contribution in [-0.4, -0.2) is 18.8 Å². The molecule has 0 bridgehead atoms. The van der Waals surface area contributed by atoms with Crippen LogP contribution in [0.25, 0.3) is 0 Å². The van der Waals surface area contributed by atoms with Crippen LogP contribution in [0, 0.1) is 5.92 Å². The molecule has 0 aromatic carbocycles. The number of nitrogens with one attached hydrogen (secondary N) is 1. The summed E-state index contributed by atoms with van der Waals surface area (Å²) in [4.78, 5) is 0. The van der Waals surface area contributed by atoms with Gasteiger partial charge in [0.1, 0.15) is 0 Å². The van der Waals surface area contributed by atoms with Gasteiger partial charge in [-0.25, -0.2) is 0 Å². The van der Waals surface area contributed by atoms with Gasteiger partial charge in [0.05, 0.1) is 6.10 Å². The predicted octanol–water partition coefficient (Wildman–Crippen LogP) is 1.97. The molecule has 0 aromatic rings. The highest BCUT2D eigenvalue weighted by atomic mass is 16.5. The maximum Gasteiger partial charge on any atom is 0.0575 e. The van der Waals surface area contributed by atoms with Gasteiger partial charge in [0.2, 0.25) is 0 Å². The molecule has 3 N–H and O–H groups in total. The number of nitrogens with two attached hydrogens (primary N) is 1. The Morgan fingerprint density at radius 1 is 1.27 bits per heavy atom. The molecular formula is C12H24N2O. The number of rotatable bonds is 6. The zero-order valence-corrected chi connectivity index (χ0v) is 9.58. The predicted molar refractivity (Wildman–Crippen MR) is 61.3 cm³/mol. The molecule has 3 nitrogen and oxygen atoms in total. The van der Waals surface area contributed by atoms with Crippen LogP contribution < -0.4 is 11.3 Å². The highest BCUT2D eigenvalue weighted by Crippen LogP contribution is 2.34. The molecule has 0 radical (unpaired) electrons. The summed E-state index contributed by atoms with van der Waals surface area (Å²) in [6.45, 7) is 0.966. The number of hydrogen-bond donors (Lipinski definition) is 2. The van der Waals surface area contributed by atoms with Crippen molar-refractivity contribution in [2.45, 2.75) is 63.5 Å². The molecule has 2 fully saturated rings. The molecule has 1 heterocycles. The molecule has 2 atom stereocenters. The Hall–Kier alpha value is -0.120. The summed E-state index contributed by atoms with van der Waals surface area (Å²) in [6.07, 6.45) is 10.8. The average Bonchev–Trinajstić information content (AvgIpc) is 3.09. The first-order valence-corrected chi connectivity index (χ1v) is 6.46. The van der Waals surface area contributed by atoms with E-state index in [1.807, 2.05) is 0 Å². The molecule has 2 rings (SSSR count). The zero-order valence-electron chi connectivity index (χ0n) is 9.58. The molecule has 2 aliphatic rings. The summed E-state index contributed by atoms with van der Waals surface area (Å²) in [6, 6.07) is 0.517. The quantitative estimate of drug-likeness (QED) is 0.523. The lowest BCUT2D eigenvalue weighted by Gasteiger charge is -2.24. The highest BCUT2D eigenvalue weighted by Gasteiger charge is 2.25. The van der Waals surface area contributed by atoms with E-state index >= 15 is 0 Å². The third-order valence-corrected chi connectivity index (χ3v) is 3.66. The smallest absolute Gasteiger partial charge is 0.0575 e. The van der Waals surface area contributed by atoms with E-state index in [2.05, 4.69) is 5.43 Å². The molecule has 0 spiro atoms. The van der Waals surface area contributed by atoms with Gasteiger partial charge in [0, 0.05) is 12.6 Å². The minimum Gasteiger partial charge on any atom is -0.378 e. The van der Waals surface area contributed by atoms with E-state index in [1.165, 1.54) is 51.4 Å². The molecule has 88 valence electrons. The summed E-state index contributed by atoms with van der Waals surface area (Å²) < 4.78 is 5.72. The third kappa shape index (κ3) is 4.09. The monoisotopic (exact) mass is 212 g/mol. The Morgan fingerprint density at radius 3 is 2.73 bits per heavy atom. The summed E-state index contributed by atoms with van der Waals surface area (Å²) in [5, 5.41) is 0. The topological polar surface area (TPSA) is 47.3 Å². The van der Waals surface area contributed by atoms with Crippen LogP contribution in [0.1, 0.15) is 51.4 Å². The molecule has 0 amide bonds. The van der Waals surface area contributed by atoms with Crippen molar-refractivity contribution >= 4 is 0 Å². The van der Waals surface area contributed by atoms with E-state index < -0.39 is 0 Å². The van der Waals surface area contributed by atoms with Crippen molar-refractivity contribution in [3.8, 4) is 0 Å². The molecule has 1 saturated heterocycles. The average molecular weight is 212 g/mol. The van der Waals surface area contributed by atoms with Gasteiger partial charge in [-0.2, -0.15) is 0 Å². The maximum absolute atomic E-state index is 5.72. The van der Waals surface area contributed by atoms with Gasteiger partial charge in [0.25, 0.3) is 0 Å². The van der Waals surface area contributed by atoms with Crippen molar-refractivity contribution in [1.82, 2.24) is 5.43 Å². The first-order valence-electron chi connectivity index (χ1n) is 6.46. The van der Waals surface area contributed by atoms with Crippen molar-refractivity contribution < 1.29 is 4.74 Å². The minimum absolute atomic E-state index is 0.508.